The maximum Gasteiger partial charge on any atom is 0.227 e. The first-order valence-electron chi connectivity index (χ1n) is 16.7. The fourth-order valence-corrected chi connectivity index (χ4v) is 7.87. The molecule has 6 N–H and O–H groups in total. The molecule has 248 valence electrons. The first-order chi connectivity index (χ1) is 20.6. The molecular weight excluding hydrogens is 556 g/mol. The molecule has 0 saturated carbocycles. The molecule has 0 radical (unpaired) electrons. The molecule has 0 aromatic heterocycles. The van der Waals surface area contributed by atoms with Crippen molar-refractivity contribution in [3.05, 3.63) is 0 Å². The zero-order chi connectivity index (χ0) is 31.1. The van der Waals surface area contributed by atoms with Crippen molar-refractivity contribution in [2.45, 2.75) is 102 Å². The Bertz CT molecular complexity index is 903. The number of hydrogen-bond donors (Lipinski definition) is 4. The predicted octanol–water partition coefficient (Wildman–Crippen LogP) is 1.23. The summed E-state index contributed by atoms with van der Waals surface area (Å²) in [7, 11) is 0. The fraction of sp³-hybridized carbons (Fsp3) is 0.935. The Hall–Kier alpha value is -1.44. The average Bonchev–Trinajstić information content (AvgIpc) is 3.05. The molecular formula is C31H57F2N7O3. The highest BCUT2D eigenvalue weighted by molar-refractivity contribution is 5.80. The van der Waals surface area contributed by atoms with Gasteiger partial charge in [-0.1, -0.05) is 27.2 Å². The van der Waals surface area contributed by atoms with Crippen molar-refractivity contribution < 1.29 is 23.1 Å². The smallest absolute Gasteiger partial charge is 0.227 e. The Morgan fingerprint density at radius 3 is 2.40 bits per heavy atom. The second kappa shape index (κ2) is 15.7. The number of hydrogen-bond acceptors (Lipinski definition) is 8. The number of alkyl halides is 2. The van der Waals surface area contributed by atoms with Crippen LogP contribution in [-0.4, -0.2) is 129 Å². The van der Waals surface area contributed by atoms with E-state index in [-0.39, 0.29) is 42.3 Å². The number of carbonyl (C=O) groups is 2. The molecule has 7 unspecified atom stereocenters. The molecule has 4 aliphatic heterocycles. The average molecular weight is 614 g/mol. The normalized spacial score (nSPS) is 35.2. The van der Waals surface area contributed by atoms with Crippen molar-refractivity contribution in [3.63, 3.8) is 0 Å². The third kappa shape index (κ3) is 8.64. The number of piperidine rings is 2. The minimum absolute atomic E-state index is 0.0718. The van der Waals surface area contributed by atoms with Crippen LogP contribution < -0.4 is 22.1 Å². The van der Waals surface area contributed by atoms with Gasteiger partial charge < -0.3 is 31.7 Å². The fourth-order valence-electron chi connectivity index (χ4n) is 7.87. The van der Waals surface area contributed by atoms with E-state index in [9.17, 15) is 9.59 Å². The van der Waals surface area contributed by atoms with Gasteiger partial charge in [-0.25, -0.2) is 8.78 Å². The standard InChI is InChI=1S/C31H57F2N7O3/c1-4-31(3)10-6-7-22(32)20-38(5-2)25(17-31)26(28(34)35)29(41)37-24-19-36-18-23(33)27(24)39-11-8-21(9-12-39)30(42)40-13-15-43-16-14-40/h21-28,36H,4-20,34-35H2,1-3H3,(H,37,41). The second-order valence-corrected chi connectivity index (χ2v) is 13.6. The highest BCUT2D eigenvalue weighted by Crippen LogP contribution is 2.39. The first-order valence-corrected chi connectivity index (χ1v) is 16.7. The molecule has 4 saturated heterocycles. The zero-order valence-corrected chi connectivity index (χ0v) is 26.6. The number of halogens is 2. The van der Waals surface area contributed by atoms with Crippen LogP contribution in [0.15, 0.2) is 0 Å². The summed E-state index contributed by atoms with van der Waals surface area (Å²) >= 11 is 0. The molecule has 4 fully saturated rings. The molecule has 0 aliphatic carbocycles. The Kier molecular flexibility index (Phi) is 12.6. The van der Waals surface area contributed by atoms with Crippen LogP contribution in [0.4, 0.5) is 8.78 Å². The molecule has 4 heterocycles. The van der Waals surface area contributed by atoms with E-state index < -0.39 is 36.5 Å². The third-order valence-corrected chi connectivity index (χ3v) is 10.7. The molecule has 12 heteroatoms. The summed E-state index contributed by atoms with van der Waals surface area (Å²) in [5, 5.41) is 6.30. The Morgan fingerprint density at radius 2 is 1.77 bits per heavy atom. The topological polar surface area (TPSA) is 129 Å². The van der Waals surface area contributed by atoms with Crippen molar-refractivity contribution in [1.29, 1.82) is 0 Å². The second-order valence-electron chi connectivity index (χ2n) is 13.6. The number of likely N-dealkylation sites (tertiary alicyclic amines) is 1. The number of ether oxygens (including phenoxy) is 1. The minimum atomic E-state index is -1.18. The number of amides is 2. The monoisotopic (exact) mass is 613 g/mol. The van der Waals surface area contributed by atoms with Crippen molar-refractivity contribution in [2.24, 2.45) is 28.7 Å². The summed E-state index contributed by atoms with van der Waals surface area (Å²) in [6.45, 7) is 11.4. The van der Waals surface area contributed by atoms with Crippen LogP contribution in [0, 0.1) is 17.3 Å². The number of carbonyl (C=O) groups excluding carboxylic acids is 2. The summed E-state index contributed by atoms with van der Waals surface area (Å²) in [6.07, 6.45) is 2.03. The first kappa shape index (κ1) is 34.4. The number of rotatable bonds is 8. The highest BCUT2D eigenvalue weighted by atomic mass is 19.1. The van der Waals surface area contributed by atoms with Gasteiger partial charge in [-0.05, 0) is 63.6 Å². The molecule has 4 rings (SSSR count). The maximum absolute atomic E-state index is 15.6. The summed E-state index contributed by atoms with van der Waals surface area (Å²) in [5.74, 6) is -0.972. The van der Waals surface area contributed by atoms with E-state index in [1.165, 1.54) is 0 Å². The van der Waals surface area contributed by atoms with Crippen molar-refractivity contribution >= 4 is 11.8 Å². The van der Waals surface area contributed by atoms with Crippen LogP contribution in [0.5, 0.6) is 0 Å². The van der Waals surface area contributed by atoms with Gasteiger partial charge in [0.05, 0.1) is 37.4 Å². The molecule has 7 atom stereocenters. The van der Waals surface area contributed by atoms with Crippen LogP contribution >= 0.6 is 0 Å². The van der Waals surface area contributed by atoms with Gasteiger partial charge in [-0.3, -0.25) is 19.4 Å². The van der Waals surface area contributed by atoms with Crippen molar-refractivity contribution in [3.8, 4) is 0 Å². The third-order valence-electron chi connectivity index (χ3n) is 10.7. The zero-order valence-electron chi connectivity index (χ0n) is 26.6. The van der Waals surface area contributed by atoms with Gasteiger partial charge in [-0.15, -0.1) is 0 Å². The lowest BCUT2D eigenvalue weighted by Gasteiger charge is -2.46. The van der Waals surface area contributed by atoms with E-state index >= 15 is 8.78 Å². The van der Waals surface area contributed by atoms with Crippen LogP contribution in [0.1, 0.15) is 65.7 Å². The van der Waals surface area contributed by atoms with E-state index in [0.717, 1.165) is 19.3 Å². The predicted molar refractivity (Wildman–Crippen MR) is 164 cm³/mol. The van der Waals surface area contributed by atoms with Crippen LogP contribution in [0.25, 0.3) is 0 Å². The van der Waals surface area contributed by atoms with Gasteiger partial charge in [0, 0.05) is 44.7 Å². The molecule has 0 spiro atoms. The number of nitrogens with one attached hydrogen (secondary N) is 2. The van der Waals surface area contributed by atoms with Crippen LogP contribution in [-0.2, 0) is 14.3 Å². The molecule has 0 aromatic carbocycles. The van der Waals surface area contributed by atoms with Crippen LogP contribution in [0.3, 0.4) is 0 Å². The SMILES string of the molecule is CCN1CC(F)CCCC(C)(CC)CC1C(C(=O)NC1CNCC(F)C1N1CCC(C(=O)N2CCOCC2)CC1)C(N)N. The minimum Gasteiger partial charge on any atom is -0.378 e. The molecule has 0 aromatic rings. The molecule has 10 nitrogen and oxygen atoms in total. The number of morpholine rings is 1. The van der Waals surface area contributed by atoms with Gasteiger partial charge in [0.1, 0.15) is 12.3 Å². The number of nitrogens with zero attached hydrogens (tertiary/aromatic N) is 3. The van der Waals surface area contributed by atoms with E-state index in [4.69, 9.17) is 16.2 Å². The summed E-state index contributed by atoms with van der Waals surface area (Å²) in [6, 6.07) is -1.33. The lowest BCUT2D eigenvalue weighted by atomic mass is 9.73. The molecule has 2 amide bonds. The van der Waals surface area contributed by atoms with Gasteiger partial charge in [0.15, 0.2) is 0 Å². The van der Waals surface area contributed by atoms with E-state index in [1.54, 1.807) is 0 Å². The number of nitrogens with two attached hydrogens (primary N) is 2. The van der Waals surface area contributed by atoms with E-state index in [1.807, 2.05) is 16.7 Å². The summed E-state index contributed by atoms with van der Waals surface area (Å²) in [4.78, 5) is 33.2. The maximum atomic E-state index is 15.6. The summed E-state index contributed by atoms with van der Waals surface area (Å²) in [5.41, 5.74) is 12.6. The Labute approximate surface area is 256 Å². The van der Waals surface area contributed by atoms with Gasteiger partial charge in [-0.2, -0.15) is 0 Å². The van der Waals surface area contributed by atoms with Gasteiger partial charge in [0.2, 0.25) is 11.8 Å². The molecule has 0 bridgehead atoms. The van der Waals surface area contributed by atoms with Gasteiger partial charge >= 0.3 is 0 Å². The lowest BCUT2D eigenvalue weighted by molar-refractivity contribution is -0.141. The molecule has 43 heavy (non-hydrogen) atoms. The Morgan fingerprint density at radius 1 is 1.07 bits per heavy atom. The van der Waals surface area contributed by atoms with E-state index in [2.05, 4.69) is 29.4 Å². The lowest BCUT2D eigenvalue weighted by Crippen LogP contribution is -2.68. The Balaban J connectivity index is 1.47. The van der Waals surface area contributed by atoms with Crippen LogP contribution in [0.2, 0.25) is 0 Å². The quantitative estimate of drug-likeness (QED) is 0.301. The van der Waals surface area contributed by atoms with E-state index in [0.29, 0.717) is 78.2 Å². The van der Waals surface area contributed by atoms with Crippen molar-refractivity contribution in [2.75, 3.05) is 65.6 Å². The van der Waals surface area contributed by atoms with Crippen molar-refractivity contribution in [1.82, 2.24) is 25.3 Å². The van der Waals surface area contributed by atoms with Gasteiger partial charge in [0.25, 0.3) is 0 Å². The largest absolute Gasteiger partial charge is 0.378 e. The molecule has 4 aliphatic rings. The highest BCUT2D eigenvalue weighted by Gasteiger charge is 2.45. The summed E-state index contributed by atoms with van der Waals surface area (Å²) < 4.78 is 36.0.